The van der Waals surface area contributed by atoms with Gasteiger partial charge in [0.25, 0.3) is 0 Å². The number of aryl methyl sites for hydroxylation is 1. The molecule has 0 aliphatic heterocycles. The van der Waals surface area contributed by atoms with Gasteiger partial charge in [-0.1, -0.05) is 33.6 Å². The van der Waals surface area contributed by atoms with Gasteiger partial charge in [0.1, 0.15) is 5.75 Å². The van der Waals surface area contributed by atoms with E-state index in [0.29, 0.717) is 5.75 Å². The summed E-state index contributed by atoms with van der Waals surface area (Å²) in [5.41, 5.74) is 0.806. The fraction of sp³-hybridized carbons (Fsp3) is 0.0769. The molecular formula is C13H9BrClNO3. The molecule has 0 atom stereocenters. The molecule has 0 fully saturated rings. The van der Waals surface area contributed by atoms with Gasteiger partial charge in [0.15, 0.2) is 0 Å². The van der Waals surface area contributed by atoms with Crippen molar-refractivity contribution in [3.63, 3.8) is 0 Å². The predicted molar refractivity (Wildman–Crippen MR) is 77.1 cm³/mol. The van der Waals surface area contributed by atoms with Gasteiger partial charge in [-0.25, -0.2) is 0 Å². The number of halogens is 2. The van der Waals surface area contributed by atoms with Crippen molar-refractivity contribution in [2.24, 2.45) is 0 Å². The third-order valence-corrected chi connectivity index (χ3v) is 3.68. The standard InChI is InChI=1S/C13H9BrClNO3/c1-8-7-9(5-6-10(8)14)19-13-11(15)3-2-4-12(13)16(17)18/h2-7H,1H3. The smallest absolute Gasteiger partial charge is 0.313 e. The maximum absolute atomic E-state index is 10.9. The number of hydrogen-bond donors (Lipinski definition) is 0. The Morgan fingerprint density at radius 2 is 2.05 bits per heavy atom. The Morgan fingerprint density at radius 3 is 2.68 bits per heavy atom. The van der Waals surface area contributed by atoms with Crippen LogP contribution in [0.15, 0.2) is 40.9 Å². The molecule has 0 aliphatic carbocycles. The van der Waals surface area contributed by atoms with Gasteiger partial charge < -0.3 is 4.74 Å². The summed E-state index contributed by atoms with van der Waals surface area (Å²) in [5.74, 6) is 0.549. The van der Waals surface area contributed by atoms with Crippen LogP contribution in [-0.4, -0.2) is 4.92 Å². The minimum Gasteiger partial charge on any atom is -0.449 e. The molecule has 0 aliphatic rings. The molecule has 4 nitrogen and oxygen atoms in total. The predicted octanol–water partition coefficient (Wildman–Crippen LogP) is 5.11. The van der Waals surface area contributed by atoms with Crippen LogP contribution in [0.25, 0.3) is 0 Å². The second-order valence-electron chi connectivity index (χ2n) is 3.86. The highest BCUT2D eigenvalue weighted by molar-refractivity contribution is 9.10. The molecule has 0 aromatic heterocycles. The third-order valence-electron chi connectivity index (χ3n) is 2.49. The highest BCUT2D eigenvalue weighted by atomic mass is 79.9. The number of rotatable bonds is 3. The first-order valence-electron chi connectivity index (χ1n) is 5.36. The monoisotopic (exact) mass is 341 g/mol. The number of nitro groups is 1. The van der Waals surface area contributed by atoms with Crippen molar-refractivity contribution in [2.45, 2.75) is 6.92 Å². The van der Waals surface area contributed by atoms with E-state index in [1.165, 1.54) is 12.1 Å². The van der Waals surface area contributed by atoms with Crippen LogP contribution in [0.5, 0.6) is 11.5 Å². The Kier molecular flexibility index (Phi) is 4.07. The maximum atomic E-state index is 10.9. The van der Waals surface area contributed by atoms with E-state index in [1.54, 1.807) is 18.2 Å². The minimum absolute atomic E-state index is 0.0517. The van der Waals surface area contributed by atoms with E-state index in [-0.39, 0.29) is 16.5 Å². The molecule has 98 valence electrons. The molecule has 0 amide bonds. The van der Waals surface area contributed by atoms with Crippen LogP contribution in [-0.2, 0) is 0 Å². The summed E-state index contributed by atoms with van der Waals surface area (Å²) in [6.45, 7) is 1.90. The Hall–Kier alpha value is -1.59. The molecule has 0 heterocycles. The van der Waals surface area contributed by atoms with E-state index in [4.69, 9.17) is 16.3 Å². The first-order chi connectivity index (χ1) is 8.99. The molecule has 6 heteroatoms. The fourth-order valence-electron chi connectivity index (χ4n) is 1.54. The van der Waals surface area contributed by atoms with Crippen LogP contribution < -0.4 is 4.74 Å². The van der Waals surface area contributed by atoms with Crippen LogP contribution >= 0.6 is 27.5 Å². The van der Waals surface area contributed by atoms with Crippen molar-refractivity contribution in [1.29, 1.82) is 0 Å². The summed E-state index contributed by atoms with van der Waals surface area (Å²) in [4.78, 5) is 10.4. The van der Waals surface area contributed by atoms with E-state index in [9.17, 15) is 10.1 Å². The third kappa shape index (κ3) is 3.05. The lowest BCUT2D eigenvalue weighted by atomic mass is 10.2. The fourth-order valence-corrected chi connectivity index (χ4v) is 2.00. The van der Waals surface area contributed by atoms with Crippen molar-refractivity contribution in [1.82, 2.24) is 0 Å². The molecule has 0 saturated heterocycles. The first-order valence-corrected chi connectivity index (χ1v) is 6.53. The second-order valence-corrected chi connectivity index (χ2v) is 5.12. The lowest BCUT2D eigenvalue weighted by Gasteiger charge is -2.09. The molecule has 0 radical (unpaired) electrons. The molecule has 0 unspecified atom stereocenters. The van der Waals surface area contributed by atoms with Crippen LogP contribution in [0.4, 0.5) is 5.69 Å². The van der Waals surface area contributed by atoms with Gasteiger partial charge >= 0.3 is 5.69 Å². The summed E-state index contributed by atoms with van der Waals surface area (Å²) in [7, 11) is 0. The topological polar surface area (TPSA) is 52.4 Å². The molecule has 2 aromatic rings. The Bertz CT molecular complexity index is 646. The number of nitro benzene ring substituents is 1. The van der Waals surface area contributed by atoms with Gasteiger partial charge in [0.05, 0.1) is 9.95 Å². The SMILES string of the molecule is Cc1cc(Oc2c(Cl)cccc2[N+](=O)[O-])ccc1Br. The van der Waals surface area contributed by atoms with Gasteiger partial charge in [0.2, 0.25) is 5.75 Å². The van der Waals surface area contributed by atoms with E-state index in [2.05, 4.69) is 15.9 Å². The van der Waals surface area contributed by atoms with Crippen molar-refractivity contribution in [3.05, 3.63) is 61.6 Å². The number of nitrogens with zero attached hydrogens (tertiary/aromatic N) is 1. The molecule has 0 saturated carbocycles. The molecule has 0 spiro atoms. The van der Waals surface area contributed by atoms with Crippen LogP contribution in [0, 0.1) is 17.0 Å². The van der Waals surface area contributed by atoms with Crippen molar-refractivity contribution in [3.8, 4) is 11.5 Å². The lowest BCUT2D eigenvalue weighted by molar-refractivity contribution is -0.385. The highest BCUT2D eigenvalue weighted by Gasteiger charge is 2.19. The summed E-state index contributed by atoms with van der Waals surface area (Å²) in [6, 6.07) is 9.72. The number of para-hydroxylation sites is 1. The summed E-state index contributed by atoms with van der Waals surface area (Å²) in [5, 5.41) is 11.1. The first kappa shape index (κ1) is 13.8. The summed E-state index contributed by atoms with van der Waals surface area (Å²) >= 11 is 9.33. The van der Waals surface area contributed by atoms with Crippen LogP contribution in [0.3, 0.4) is 0 Å². The average Bonchev–Trinajstić information content (AvgIpc) is 2.36. The van der Waals surface area contributed by atoms with E-state index in [1.807, 2.05) is 13.0 Å². The zero-order valence-electron chi connectivity index (χ0n) is 9.89. The lowest BCUT2D eigenvalue weighted by Crippen LogP contribution is -1.94. The Morgan fingerprint density at radius 1 is 1.32 bits per heavy atom. The molecule has 2 rings (SSSR count). The molecular weight excluding hydrogens is 334 g/mol. The van der Waals surface area contributed by atoms with Crippen LogP contribution in [0.2, 0.25) is 5.02 Å². The van der Waals surface area contributed by atoms with Crippen LogP contribution in [0.1, 0.15) is 5.56 Å². The number of ether oxygens (including phenoxy) is 1. The average molecular weight is 343 g/mol. The van der Waals surface area contributed by atoms with Gasteiger partial charge in [-0.2, -0.15) is 0 Å². The number of hydrogen-bond acceptors (Lipinski definition) is 3. The van der Waals surface area contributed by atoms with Gasteiger partial charge in [0, 0.05) is 10.5 Å². The zero-order chi connectivity index (χ0) is 14.0. The van der Waals surface area contributed by atoms with Gasteiger partial charge in [-0.05, 0) is 36.8 Å². The van der Waals surface area contributed by atoms with Gasteiger partial charge in [-0.3, -0.25) is 10.1 Å². The molecule has 0 bridgehead atoms. The molecule has 19 heavy (non-hydrogen) atoms. The highest BCUT2D eigenvalue weighted by Crippen LogP contribution is 2.38. The Balaban J connectivity index is 2.42. The van der Waals surface area contributed by atoms with Crippen molar-refractivity contribution in [2.75, 3.05) is 0 Å². The van der Waals surface area contributed by atoms with E-state index < -0.39 is 4.92 Å². The zero-order valence-corrected chi connectivity index (χ0v) is 12.2. The van der Waals surface area contributed by atoms with Crippen molar-refractivity contribution >= 4 is 33.2 Å². The molecule has 0 N–H and O–H groups in total. The number of benzene rings is 2. The van der Waals surface area contributed by atoms with Gasteiger partial charge in [-0.15, -0.1) is 0 Å². The van der Waals surface area contributed by atoms with E-state index >= 15 is 0 Å². The quantitative estimate of drug-likeness (QED) is 0.575. The molecule has 2 aromatic carbocycles. The Labute approximate surface area is 123 Å². The normalized spacial score (nSPS) is 10.3. The van der Waals surface area contributed by atoms with E-state index in [0.717, 1.165) is 10.0 Å². The van der Waals surface area contributed by atoms with Crippen molar-refractivity contribution < 1.29 is 9.66 Å². The summed E-state index contributed by atoms with van der Waals surface area (Å²) < 4.78 is 6.48. The maximum Gasteiger partial charge on any atom is 0.313 e. The summed E-state index contributed by atoms with van der Waals surface area (Å²) in [6.07, 6.45) is 0. The minimum atomic E-state index is -0.521. The second kappa shape index (κ2) is 5.59. The largest absolute Gasteiger partial charge is 0.449 e.